The quantitative estimate of drug-likeness (QED) is 0.674. The van der Waals surface area contributed by atoms with E-state index < -0.39 is 40.5 Å². The highest BCUT2D eigenvalue weighted by molar-refractivity contribution is 7.92. The van der Waals surface area contributed by atoms with E-state index >= 15 is 0 Å². The molecule has 0 aliphatic carbocycles. The molecule has 0 saturated carbocycles. The lowest BCUT2D eigenvalue weighted by atomic mass is 10.1. The SMILES string of the molecule is [2H]c1c([2H])c([2H])c2c(c1[2H])CCS(=O)(=O)N2Cc1ccc(-c2nnc(C(F)F)o2)cn1. The monoisotopic (exact) mass is 396 g/mol. The van der Waals surface area contributed by atoms with Crippen LogP contribution in [-0.2, 0) is 23.0 Å². The van der Waals surface area contributed by atoms with Crippen LogP contribution in [0.3, 0.4) is 0 Å². The van der Waals surface area contributed by atoms with Gasteiger partial charge in [0.2, 0.25) is 15.9 Å². The number of hydrogen-bond donors (Lipinski definition) is 0. The van der Waals surface area contributed by atoms with Gasteiger partial charge in [0.05, 0.1) is 34.7 Å². The Balaban J connectivity index is 1.69. The van der Waals surface area contributed by atoms with Gasteiger partial charge in [0, 0.05) is 6.20 Å². The minimum Gasteiger partial charge on any atom is -0.415 e. The zero-order valence-electron chi connectivity index (χ0n) is 17.6. The predicted octanol–water partition coefficient (Wildman–Crippen LogP) is 2.96. The van der Waals surface area contributed by atoms with Gasteiger partial charge in [0.1, 0.15) is 0 Å². The Kier molecular flexibility index (Phi) is 3.30. The van der Waals surface area contributed by atoms with Crippen molar-refractivity contribution in [3.8, 4) is 11.5 Å². The van der Waals surface area contributed by atoms with Gasteiger partial charge in [0.15, 0.2) is 0 Å². The van der Waals surface area contributed by atoms with E-state index in [1.54, 1.807) is 0 Å². The van der Waals surface area contributed by atoms with E-state index in [1.807, 2.05) is 0 Å². The molecular weight excluding hydrogens is 378 g/mol. The molecule has 1 aromatic carbocycles. The van der Waals surface area contributed by atoms with Gasteiger partial charge in [0.25, 0.3) is 5.89 Å². The van der Waals surface area contributed by atoms with E-state index in [1.165, 1.54) is 18.3 Å². The predicted molar refractivity (Wildman–Crippen MR) is 92.6 cm³/mol. The molecule has 0 radical (unpaired) electrons. The molecule has 27 heavy (non-hydrogen) atoms. The van der Waals surface area contributed by atoms with E-state index in [9.17, 15) is 17.2 Å². The maximum atomic E-state index is 12.7. The molecule has 1 aliphatic rings. The molecular formula is C17H14F2N4O3S. The molecule has 10 heteroatoms. The van der Waals surface area contributed by atoms with Gasteiger partial charge in [-0.3, -0.25) is 9.29 Å². The second-order valence-corrected chi connectivity index (χ2v) is 7.70. The van der Waals surface area contributed by atoms with Gasteiger partial charge in [-0.05, 0) is 30.2 Å². The third-order valence-corrected chi connectivity index (χ3v) is 5.65. The lowest BCUT2D eigenvalue weighted by molar-refractivity contribution is 0.116. The summed E-state index contributed by atoms with van der Waals surface area (Å²) in [5.74, 6) is -1.30. The molecule has 0 bridgehead atoms. The summed E-state index contributed by atoms with van der Waals surface area (Å²) in [4.78, 5) is 4.12. The summed E-state index contributed by atoms with van der Waals surface area (Å²) >= 11 is 0. The Morgan fingerprint density at radius 2 is 2.07 bits per heavy atom. The molecule has 3 heterocycles. The highest BCUT2D eigenvalue weighted by Gasteiger charge is 2.29. The molecule has 1 aliphatic heterocycles. The van der Waals surface area contributed by atoms with E-state index in [-0.39, 0.29) is 53.2 Å². The number of benzene rings is 1. The van der Waals surface area contributed by atoms with E-state index in [0.29, 0.717) is 0 Å². The molecule has 3 aromatic rings. The second kappa shape index (κ2) is 6.69. The topological polar surface area (TPSA) is 89.2 Å². The number of aromatic nitrogens is 3. The maximum absolute atomic E-state index is 12.7. The summed E-state index contributed by atoms with van der Waals surface area (Å²) in [6.07, 6.45) is -1.68. The van der Waals surface area contributed by atoms with Crippen molar-refractivity contribution in [1.29, 1.82) is 0 Å². The van der Waals surface area contributed by atoms with Gasteiger partial charge < -0.3 is 4.42 Å². The van der Waals surface area contributed by atoms with Crippen molar-refractivity contribution in [3.63, 3.8) is 0 Å². The van der Waals surface area contributed by atoms with Crippen LogP contribution >= 0.6 is 0 Å². The fraction of sp³-hybridized carbons (Fsp3) is 0.235. The number of halogens is 2. The molecule has 7 nitrogen and oxygen atoms in total. The molecule has 0 unspecified atom stereocenters. The normalized spacial score (nSPS) is 17.8. The molecule has 0 saturated heterocycles. The highest BCUT2D eigenvalue weighted by atomic mass is 32.2. The lowest BCUT2D eigenvalue weighted by Crippen LogP contribution is -2.37. The fourth-order valence-corrected chi connectivity index (χ4v) is 4.06. The van der Waals surface area contributed by atoms with Crippen LogP contribution in [0.5, 0.6) is 0 Å². The highest BCUT2D eigenvalue weighted by Crippen LogP contribution is 2.30. The van der Waals surface area contributed by atoms with Crippen LogP contribution in [0.25, 0.3) is 11.5 Å². The molecule has 140 valence electrons. The number of alkyl halides is 2. The number of sulfonamides is 1. The van der Waals surface area contributed by atoms with Crippen LogP contribution in [0.1, 0.15) is 29.1 Å². The molecule has 0 amide bonds. The minimum absolute atomic E-state index is 0.0267. The third kappa shape index (κ3) is 3.39. The van der Waals surface area contributed by atoms with E-state index in [2.05, 4.69) is 15.2 Å². The first kappa shape index (κ1) is 13.3. The van der Waals surface area contributed by atoms with Crippen molar-refractivity contribution in [1.82, 2.24) is 15.2 Å². The molecule has 0 spiro atoms. The summed E-state index contributed by atoms with van der Waals surface area (Å²) in [7, 11) is -3.85. The van der Waals surface area contributed by atoms with Crippen LogP contribution < -0.4 is 4.31 Å². The summed E-state index contributed by atoms with van der Waals surface area (Å²) in [6.45, 7) is -0.274. The number of para-hydroxylation sites is 1. The van der Waals surface area contributed by atoms with Gasteiger partial charge in [-0.25, -0.2) is 8.42 Å². The largest absolute Gasteiger partial charge is 0.415 e. The summed E-state index contributed by atoms with van der Waals surface area (Å²) < 4.78 is 88.3. The first-order valence-corrected chi connectivity index (χ1v) is 9.37. The van der Waals surface area contributed by atoms with Crippen molar-refractivity contribution < 1.29 is 27.1 Å². The number of fused-ring (bicyclic) bond motifs is 1. The van der Waals surface area contributed by atoms with Crippen LogP contribution in [0.4, 0.5) is 14.5 Å². The van der Waals surface area contributed by atoms with Gasteiger partial charge in [-0.1, -0.05) is 18.1 Å². The number of rotatable bonds is 4. The van der Waals surface area contributed by atoms with E-state index in [0.717, 1.165) is 4.31 Å². The van der Waals surface area contributed by atoms with Crippen LogP contribution in [0.2, 0.25) is 0 Å². The Morgan fingerprint density at radius 1 is 1.26 bits per heavy atom. The number of anilines is 1. The molecule has 0 N–H and O–H groups in total. The molecule has 0 fully saturated rings. The van der Waals surface area contributed by atoms with Crippen LogP contribution in [-0.4, -0.2) is 29.4 Å². The summed E-state index contributed by atoms with van der Waals surface area (Å²) in [6, 6.07) is 1.22. The fourth-order valence-electron chi connectivity index (χ4n) is 2.61. The Labute approximate surface area is 159 Å². The van der Waals surface area contributed by atoms with Crippen molar-refractivity contribution in [2.24, 2.45) is 0 Å². The van der Waals surface area contributed by atoms with Gasteiger partial charge >= 0.3 is 6.43 Å². The lowest BCUT2D eigenvalue weighted by Gasteiger charge is -2.30. The number of pyridine rings is 1. The van der Waals surface area contributed by atoms with Crippen molar-refractivity contribution in [3.05, 3.63) is 59.6 Å². The second-order valence-electron chi connectivity index (χ2n) is 5.68. The van der Waals surface area contributed by atoms with Crippen LogP contribution in [0, 0.1) is 0 Å². The summed E-state index contributed by atoms with van der Waals surface area (Å²) in [5, 5.41) is 6.75. The number of nitrogens with zero attached hydrogens (tertiary/aromatic N) is 4. The maximum Gasteiger partial charge on any atom is 0.314 e. The zero-order valence-corrected chi connectivity index (χ0v) is 14.4. The van der Waals surface area contributed by atoms with E-state index in [4.69, 9.17) is 9.90 Å². The third-order valence-electron chi connectivity index (χ3n) is 3.94. The average Bonchev–Trinajstić information content (AvgIpc) is 3.23. The van der Waals surface area contributed by atoms with Gasteiger partial charge in [-0.2, -0.15) is 8.78 Å². The number of hydrogen-bond acceptors (Lipinski definition) is 6. The standard InChI is InChI=1S/C17H14F2N4O3S/c18-15(19)17-22-21-16(26-17)12-5-6-13(20-9-12)10-23-14-4-2-1-3-11(14)7-8-27(23,24)25/h1-6,9,15H,7-8,10H2/i1D,2D,3D,4D. The smallest absolute Gasteiger partial charge is 0.314 e. The molecule has 0 atom stereocenters. The van der Waals surface area contributed by atoms with Gasteiger partial charge in [-0.15, -0.1) is 10.2 Å². The van der Waals surface area contributed by atoms with Crippen molar-refractivity contribution in [2.75, 3.05) is 10.1 Å². The van der Waals surface area contributed by atoms with Crippen molar-refractivity contribution >= 4 is 15.7 Å². The van der Waals surface area contributed by atoms with Crippen molar-refractivity contribution in [2.45, 2.75) is 19.4 Å². The Bertz CT molecular complexity index is 1270. The first-order chi connectivity index (χ1) is 14.6. The Morgan fingerprint density at radius 3 is 2.78 bits per heavy atom. The summed E-state index contributed by atoms with van der Waals surface area (Å²) in [5.41, 5.74) is 0.651. The van der Waals surface area contributed by atoms with Crippen LogP contribution in [0.15, 0.2) is 46.9 Å². The Hall–Kier alpha value is -2.88. The zero-order chi connectivity index (χ0) is 22.5. The minimum atomic E-state index is -3.85. The average molecular weight is 396 g/mol. The molecule has 2 aromatic heterocycles. The first-order valence-electron chi connectivity index (χ1n) is 9.76. The molecule has 4 rings (SSSR count).